The fourth-order valence-electron chi connectivity index (χ4n) is 0.368. The van der Waals surface area contributed by atoms with Gasteiger partial charge in [-0.15, -0.1) is 0 Å². The van der Waals surface area contributed by atoms with Crippen LogP contribution in [0.2, 0.25) is 5.02 Å². The van der Waals surface area contributed by atoms with Gasteiger partial charge in [0.2, 0.25) is 0 Å². The van der Waals surface area contributed by atoms with Gasteiger partial charge in [-0.2, -0.15) is 0 Å². The molecule has 0 saturated carbocycles. The van der Waals surface area contributed by atoms with Crippen LogP contribution >= 0.6 is 27.5 Å². The molecule has 48 valence electrons. The normalized spacial score (nSPS) is 20.7. The second-order valence-corrected chi connectivity index (χ2v) is 2.55. The molecule has 9 heavy (non-hydrogen) atoms. The zero-order valence-electron chi connectivity index (χ0n) is 10.3. The van der Waals surface area contributed by atoms with Crippen LogP contribution in [0.3, 0.4) is 0 Å². The first-order valence-electron chi connectivity index (χ1n) is 5.13. The van der Waals surface area contributed by atoms with Crippen LogP contribution in [0.4, 0.5) is 0 Å². The zero-order chi connectivity index (χ0) is 12.0. The summed E-state index contributed by atoms with van der Waals surface area (Å²) in [6.07, 6.45) is 0. The zero-order valence-corrected chi connectivity index (χ0v) is 6.60. The SMILES string of the molecule is [2H]c1c([2H])c(Br)c(C([2H])([2H])[2H])c([2H])c1Cl. The van der Waals surface area contributed by atoms with E-state index in [1.807, 2.05) is 0 Å². The van der Waals surface area contributed by atoms with E-state index in [2.05, 4.69) is 15.9 Å². The Hall–Kier alpha value is -0.0100. The van der Waals surface area contributed by atoms with Gasteiger partial charge < -0.3 is 0 Å². The van der Waals surface area contributed by atoms with Crippen molar-refractivity contribution in [3.63, 3.8) is 0 Å². The van der Waals surface area contributed by atoms with Crippen molar-refractivity contribution in [2.24, 2.45) is 0 Å². The third-order valence-electron chi connectivity index (χ3n) is 0.736. The van der Waals surface area contributed by atoms with Gasteiger partial charge in [0.25, 0.3) is 0 Å². The van der Waals surface area contributed by atoms with Gasteiger partial charge in [-0.05, 0) is 30.5 Å². The van der Waals surface area contributed by atoms with Crippen molar-refractivity contribution in [2.75, 3.05) is 0 Å². The molecular formula is C7H6BrCl. The molecular weight excluding hydrogens is 199 g/mol. The monoisotopic (exact) mass is 210 g/mol. The lowest BCUT2D eigenvalue weighted by Crippen LogP contribution is -1.72. The molecule has 0 aliphatic rings. The maximum atomic E-state index is 7.50. The summed E-state index contributed by atoms with van der Waals surface area (Å²) >= 11 is 8.51. The van der Waals surface area contributed by atoms with Crippen molar-refractivity contribution < 1.29 is 8.22 Å². The molecule has 0 unspecified atom stereocenters. The highest BCUT2D eigenvalue weighted by molar-refractivity contribution is 9.10. The van der Waals surface area contributed by atoms with E-state index in [9.17, 15) is 0 Å². The summed E-state index contributed by atoms with van der Waals surface area (Å²) in [7, 11) is 0. The van der Waals surface area contributed by atoms with Crippen LogP contribution in [0.15, 0.2) is 22.6 Å². The first-order valence-corrected chi connectivity index (χ1v) is 3.30. The average molecular weight is 212 g/mol. The molecule has 1 aromatic rings. The minimum Gasteiger partial charge on any atom is -0.0843 e. The molecule has 0 aliphatic carbocycles. The second-order valence-electron chi connectivity index (χ2n) is 1.38. The van der Waals surface area contributed by atoms with Crippen molar-refractivity contribution in [1.82, 2.24) is 0 Å². The van der Waals surface area contributed by atoms with Gasteiger partial charge in [0, 0.05) is 13.6 Å². The Morgan fingerprint density at radius 3 is 3.22 bits per heavy atom. The van der Waals surface area contributed by atoms with Gasteiger partial charge in [0.15, 0.2) is 0 Å². The first-order chi connectivity index (χ1) is 6.68. The Morgan fingerprint density at radius 2 is 2.56 bits per heavy atom. The van der Waals surface area contributed by atoms with Crippen molar-refractivity contribution in [1.29, 1.82) is 0 Å². The van der Waals surface area contributed by atoms with Crippen LogP contribution in [0, 0.1) is 6.85 Å². The fraction of sp³-hybridized carbons (Fsp3) is 0.143. The summed E-state index contributed by atoms with van der Waals surface area (Å²) in [6.45, 7) is -2.52. The van der Waals surface area contributed by atoms with Crippen molar-refractivity contribution in [3.8, 4) is 0 Å². The molecule has 1 rings (SSSR count). The van der Waals surface area contributed by atoms with E-state index in [4.69, 9.17) is 19.8 Å². The molecule has 0 aliphatic heterocycles. The summed E-state index contributed by atoms with van der Waals surface area (Å²) in [5.74, 6) is 0. The van der Waals surface area contributed by atoms with Gasteiger partial charge >= 0.3 is 0 Å². The maximum Gasteiger partial charge on any atom is 0.0642 e. The minimum absolute atomic E-state index is 0.0677. The second kappa shape index (κ2) is 2.72. The van der Waals surface area contributed by atoms with Crippen LogP contribution in [-0.4, -0.2) is 0 Å². The number of rotatable bonds is 0. The standard InChI is InChI=1S/C7H6BrCl/c1-5-4-6(9)2-3-7(5)8/h2-4H,1H3/i1D3,2D,3D,4D. The van der Waals surface area contributed by atoms with Crippen molar-refractivity contribution >= 4 is 27.5 Å². The van der Waals surface area contributed by atoms with Gasteiger partial charge in [0.05, 0.1) is 4.11 Å². The lowest BCUT2D eigenvalue weighted by Gasteiger charge is -1.95. The third kappa shape index (κ3) is 1.70. The predicted octanol–water partition coefficient (Wildman–Crippen LogP) is 3.41. The van der Waals surface area contributed by atoms with E-state index in [1.165, 1.54) is 0 Å². The van der Waals surface area contributed by atoms with Crippen LogP contribution in [0.25, 0.3) is 0 Å². The molecule has 0 spiro atoms. The molecule has 2 heteroatoms. The molecule has 0 heterocycles. The molecule has 0 aromatic heterocycles. The number of hydrogen-bond acceptors (Lipinski definition) is 0. The molecule has 0 atom stereocenters. The van der Waals surface area contributed by atoms with Crippen LogP contribution in [0.1, 0.15) is 13.8 Å². The fourth-order valence-corrected chi connectivity index (χ4v) is 0.708. The highest BCUT2D eigenvalue weighted by atomic mass is 79.9. The molecule has 0 N–H and O–H groups in total. The molecule has 0 amide bonds. The Bertz CT molecular complexity index is 384. The number of benzene rings is 1. The largest absolute Gasteiger partial charge is 0.0843 e. The quantitative estimate of drug-likeness (QED) is 0.617. The molecule has 0 nitrogen and oxygen atoms in total. The van der Waals surface area contributed by atoms with E-state index in [1.54, 1.807) is 0 Å². The van der Waals surface area contributed by atoms with E-state index < -0.39 is 12.9 Å². The Labute approximate surface area is 76.4 Å². The van der Waals surface area contributed by atoms with E-state index in [0.717, 1.165) is 0 Å². The topological polar surface area (TPSA) is 0 Å². The lowest BCUT2D eigenvalue weighted by atomic mass is 10.2. The van der Waals surface area contributed by atoms with Gasteiger partial charge in [-0.25, -0.2) is 0 Å². The van der Waals surface area contributed by atoms with Crippen LogP contribution in [-0.2, 0) is 0 Å². The third-order valence-corrected chi connectivity index (χ3v) is 1.52. The Kier molecular flexibility index (Phi) is 0.771. The predicted molar refractivity (Wildman–Crippen MR) is 43.9 cm³/mol. The molecule has 0 fully saturated rings. The lowest BCUT2D eigenvalue weighted by molar-refractivity contribution is 1.43. The van der Waals surface area contributed by atoms with Gasteiger partial charge in [0.1, 0.15) is 0 Å². The highest BCUT2D eigenvalue weighted by Gasteiger charge is 1.92. The summed E-state index contributed by atoms with van der Waals surface area (Å²) < 4.78 is 43.9. The summed E-state index contributed by atoms with van der Waals surface area (Å²) in [6, 6.07) is -1.09. The molecule has 0 bridgehead atoms. The smallest absolute Gasteiger partial charge is 0.0642 e. The minimum atomic E-state index is -2.52. The summed E-state index contributed by atoms with van der Waals surface area (Å²) in [4.78, 5) is 0. The highest BCUT2D eigenvalue weighted by Crippen LogP contribution is 2.19. The summed E-state index contributed by atoms with van der Waals surface area (Å²) in [5.41, 5.74) is -0.325. The maximum absolute atomic E-state index is 7.50. The van der Waals surface area contributed by atoms with Crippen LogP contribution in [0.5, 0.6) is 0 Å². The Balaban J connectivity index is 3.68. The first kappa shape index (κ1) is 2.55. The van der Waals surface area contributed by atoms with E-state index >= 15 is 0 Å². The number of halogens is 2. The molecule has 1 aromatic carbocycles. The summed E-state index contributed by atoms with van der Waals surface area (Å²) in [5, 5.41) is -0.311. The van der Waals surface area contributed by atoms with Gasteiger partial charge in [-0.3, -0.25) is 0 Å². The van der Waals surface area contributed by atoms with E-state index in [0.29, 0.717) is 0 Å². The van der Waals surface area contributed by atoms with E-state index in [-0.39, 0.29) is 27.1 Å². The van der Waals surface area contributed by atoms with Gasteiger partial charge in [-0.1, -0.05) is 27.5 Å². The molecule has 0 saturated heterocycles. The van der Waals surface area contributed by atoms with Crippen LogP contribution < -0.4 is 0 Å². The Morgan fingerprint density at radius 1 is 1.78 bits per heavy atom. The average Bonchev–Trinajstić information content (AvgIpc) is 2.09. The van der Waals surface area contributed by atoms with Crippen molar-refractivity contribution in [3.05, 3.63) is 33.2 Å². The van der Waals surface area contributed by atoms with Crippen molar-refractivity contribution in [2.45, 2.75) is 6.85 Å². The molecule has 0 radical (unpaired) electrons. The number of hydrogen-bond donors (Lipinski definition) is 0.